The number of carbonyl (C=O) groups excluding carboxylic acids is 4. The molecule has 14 nitrogen and oxygen atoms in total. The Morgan fingerprint density at radius 3 is 2.32 bits per heavy atom. The third-order valence-electron chi connectivity index (χ3n) is 9.65. The van der Waals surface area contributed by atoms with E-state index in [1.54, 1.807) is 80.8 Å². The van der Waals surface area contributed by atoms with Gasteiger partial charge in [-0.15, -0.1) is 0 Å². The zero-order valence-corrected chi connectivity index (χ0v) is 34.8. The zero-order chi connectivity index (χ0) is 40.9. The molecule has 3 N–H and O–H groups in total. The summed E-state index contributed by atoms with van der Waals surface area (Å²) >= 11 is 6.09. The van der Waals surface area contributed by atoms with E-state index in [4.69, 9.17) is 30.1 Å². The maximum Gasteiger partial charge on any atom is 0.410 e. The Balaban J connectivity index is 1.55. The molecule has 2 aromatic carbocycles. The molecule has 4 rings (SSSR count). The topological polar surface area (TPSA) is 173 Å². The van der Waals surface area contributed by atoms with Gasteiger partial charge in [-0.2, -0.15) is 0 Å². The van der Waals surface area contributed by atoms with E-state index in [1.807, 2.05) is 12.1 Å². The van der Waals surface area contributed by atoms with E-state index in [2.05, 4.69) is 10.6 Å². The normalized spacial score (nSPS) is 16.8. The number of hydrogen-bond donors (Lipinski definition) is 3. The number of carbonyl (C=O) groups is 4. The van der Waals surface area contributed by atoms with E-state index in [9.17, 15) is 28.8 Å². The van der Waals surface area contributed by atoms with Gasteiger partial charge < -0.3 is 44.1 Å². The molecule has 0 bridgehead atoms. The molecule has 1 saturated carbocycles. The van der Waals surface area contributed by atoms with Gasteiger partial charge in [0.05, 0.1) is 25.8 Å². The van der Waals surface area contributed by atoms with Gasteiger partial charge in [-0.3, -0.25) is 14.2 Å². The average Bonchev–Trinajstić information content (AvgIpc) is 3.35. The summed E-state index contributed by atoms with van der Waals surface area (Å²) in [5, 5.41) is 17.6. The lowest BCUT2D eigenvalue weighted by Gasteiger charge is -2.32. The molecule has 0 saturated heterocycles. The van der Waals surface area contributed by atoms with Crippen LogP contribution in [0.5, 0.6) is 0 Å². The molecule has 0 aromatic heterocycles. The number of para-hydroxylation sites is 1. The van der Waals surface area contributed by atoms with Crippen molar-refractivity contribution in [3.05, 3.63) is 64.7 Å². The second kappa shape index (κ2) is 21.2. The number of hydrogen-bond acceptors (Lipinski definition) is 10. The molecule has 2 aromatic rings. The van der Waals surface area contributed by atoms with E-state index in [0.717, 1.165) is 37.7 Å². The van der Waals surface area contributed by atoms with Crippen LogP contribution < -0.4 is 15.5 Å². The van der Waals surface area contributed by atoms with E-state index in [-0.39, 0.29) is 64.1 Å². The molecule has 3 unspecified atom stereocenters. The fraction of sp³-hybridized carbons (Fsp3) is 0.600. The van der Waals surface area contributed by atoms with Crippen molar-refractivity contribution in [1.29, 1.82) is 0 Å². The van der Waals surface area contributed by atoms with Crippen LogP contribution in [0.25, 0.3) is 0 Å². The highest BCUT2D eigenvalue weighted by Crippen LogP contribution is 2.53. The van der Waals surface area contributed by atoms with Gasteiger partial charge in [-0.25, -0.2) is 9.59 Å². The lowest BCUT2D eigenvalue weighted by Crippen LogP contribution is -2.53. The van der Waals surface area contributed by atoms with Gasteiger partial charge >= 0.3 is 19.8 Å². The number of anilines is 1. The monoisotopic (exact) mass is 820 g/mol. The van der Waals surface area contributed by atoms with Crippen LogP contribution in [-0.4, -0.2) is 83.8 Å². The maximum absolute atomic E-state index is 14.2. The van der Waals surface area contributed by atoms with Gasteiger partial charge in [0, 0.05) is 30.2 Å². The minimum atomic E-state index is -4.22. The summed E-state index contributed by atoms with van der Waals surface area (Å²) in [7, 11) is -4.22. The summed E-state index contributed by atoms with van der Waals surface area (Å²) in [5.41, 5.74) is 1.32. The molecule has 0 radical (unpaired) electrons. The molecule has 56 heavy (non-hydrogen) atoms. The van der Waals surface area contributed by atoms with Crippen molar-refractivity contribution in [2.24, 2.45) is 5.92 Å². The minimum Gasteiger partial charge on any atom is -0.445 e. The van der Waals surface area contributed by atoms with E-state index in [1.165, 1.54) is 0 Å². The highest BCUT2D eigenvalue weighted by Gasteiger charge is 2.42. The van der Waals surface area contributed by atoms with Crippen molar-refractivity contribution in [3.8, 4) is 0 Å². The number of amides is 4. The van der Waals surface area contributed by atoms with Gasteiger partial charge in [0.15, 0.2) is 5.85 Å². The molecule has 2 aliphatic rings. The Morgan fingerprint density at radius 2 is 1.66 bits per heavy atom. The summed E-state index contributed by atoms with van der Waals surface area (Å²) in [6, 6.07) is 11.8. The Labute approximate surface area is 335 Å². The molecule has 1 heterocycles. The van der Waals surface area contributed by atoms with E-state index in [0.29, 0.717) is 22.7 Å². The molecular weight excluding hydrogens is 763 g/mol. The number of rotatable bonds is 16. The number of aliphatic hydroxyl groups excluding tert-OH is 1. The second-order valence-electron chi connectivity index (χ2n) is 15.2. The molecule has 1 aliphatic heterocycles. The van der Waals surface area contributed by atoms with Crippen LogP contribution in [-0.2, 0) is 45.8 Å². The highest BCUT2D eigenvalue weighted by atomic mass is 35.5. The van der Waals surface area contributed by atoms with Gasteiger partial charge in [0.1, 0.15) is 18.2 Å². The zero-order valence-electron chi connectivity index (χ0n) is 33.2. The third kappa shape index (κ3) is 13.5. The second-order valence-corrected chi connectivity index (χ2v) is 17.7. The Morgan fingerprint density at radius 1 is 0.964 bits per heavy atom. The lowest BCUT2D eigenvalue weighted by molar-refractivity contribution is -0.125. The predicted molar refractivity (Wildman–Crippen MR) is 213 cm³/mol. The summed E-state index contributed by atoms with van der Waals surface area (Å²) in [4.78, 5) is 57.5. The van der Waals surface area contributed by atoms with Crippen LogP contribution in [0.1, 0.15) is 97.1 Å². The van der Waals surface area contributed by atoms with Gasteiger partial charge in [0.25, 0.3) is 0 Å². The quantitative estimate of drug-likeness (QED) is 0.144. The van der Waals surface area contributed by atoms with Crippen LogP contribution in [0.2, 0.25) is 5.02 Å². The largest absolute Gasteiger partial charge is 0.445 e. The first-order chi connectivity index (χ1) is 26.6. The summed E-state index contributed by atoms with van der Waals surface area (Å²) < 4.78 is 35.9. The standard InChI is InChI=1S/C40H58ClN4O10P/c1-6-53-56(51,54-7-2)37(48)32(20-21-35(46)45-23-22-44(39(50)55-40(3,4)5)26-30-17-11-12-19-34(30)45)42-36(47)33(25-28-14-9-8-10-15-28)43-38(49)52-27-29-16-13-18-31(41)24-29/h11-13,16-19,24,28,32-33,37,48H,6-10,14-15,20-23,25-27H2,1-5H3,(H,42,47)(H,43,49). The first-order valence-corrected chi connectivity index (χ1v) is 21.5. The molecule has 310 valence electrons. The number of ether oxygens (including phenoxy) is 2. The summed E-state index contributed by atoms with van der Waals surface area (Å²) in [6.45, 7) is 8.99. The molecular formula is C40H58ClN4O10P. The van der Waals surface area contributed by atoms with Crippen LogP contribution in [0, 0.1) is 5.92 Å². The van der Waals surface area contributed by atoms with E-state index >= 15 is 0 Å². The van der Waals surface area contributed by atoms with Crippen LogP contribution in [0.3, 0.4) is 0 Å². The Hall–Kier alpha value is -3.68. The van der Waals surface area contributed by atoms with Gasteiger partial charge in [-0.05, 0) is 82.7 Å². The number of alkyl carbamates (subject to hydrolysis) is 1. The molecule has 1 fully saturated rings. The van der Waals surface area contributed by atoms with E-state index < -0.39 is 49.2 Å². The van der Waals surface area contributed by atoms with Gasteiger partial charge in [-0.1, -0.05) is 74.0 Å². The number of benzene rings is 2. The summed E-state index contributed by atoms with van der Waals surface area (Å²) in [5.74, 6) is -2.68. The van der Waals surface area contributed by atoms with Crippen molar-refractivity contribution < 1.29 is 47.4 Å². The van der Waals surface area contributed by atoms with Crippen molar-refractivity contribution >= 4 is 48.9 Å². The maximum atomic E-state index is 14.2. The average molecular weight is 821 g/mol. The van der Waals surface area contributed by atoms with Crippen molar-refractivity contribution in [2.75, 3.05) is 31.2 Å². The molecule has 0 spiro atoms. The lowest BCUT2D eigenvalue weighted by atomic mass is 9.84. The first-order valence-electron chi connectivity index (χ1n) is 19.5. The van der Waals surface area contributed by atoms with Crippen molar-refractivity contribution in [1.82, 2.24) is 15.5 Å². The highest BCUT2D eigenvalue weighted by molar-refractivity contribution is 7.54. The number of nitrogens with one attached hydrogen (secondary N) is 2. The number of aliphatic hydroxyl groups is 1. The van der Waals surface area contributed by atoms with Crippen LogP contribution >= 0.6 is 19.2 Å². The molecule has 4 amide bonds. The van der Waals surface area contributed by atoms with Crippen molar-refractivity contribution in [2.45, 2.75) is 123 Å². The fourth-order valence-electron chi connectivity index (χ4n) is 6.99. The van der Waals surface area contributed by atoms with Crippen LogP contribution in [0.15, 0.2) is 48.5 Å². The first kappa shape index (κ1) is 45.0. The number of halogens is 1. The van der Waals surface area contributed by atoms with Crippen molar-refractivity contribution in [3.63, 3.8) is 0 Å². The Kier molecular flexibility index (Phi) is 17.0. The smallest absolute Gasteiger partial charge is 0.410 e. The number of fused-ring (bicyclic) bond motifs is 1. The summed E-state index contributed by atoms with van der Waals surface area (Å²) in [6.07, 6.45) is 3.52. The Bertz CT molecular complexity index is 1670. The minimum absolute atomic E-state index is 0.0447. The molecule has 3 atom stereocenters. The SMILES string of the molecule is CCOP(=O)(OCC)C(O)C(CCC(=O)N1CCN(C(=O)OC(C)(C)C)Cc2ccccc21)NC(=O)C(CC1CCCCC1)NC(=O)OCc1cccc(Cl)c1. The van der Waals surface area contributed by atoms with Crippen LogP contribution in [0.4, 0.5) is 15.3 Å². The van der Waals surface area contributed by atoms with Gasteiger partial charge in [0.2, 0.25) is 11.8 Å². The fourth-order valence-corrected chi connectivity index (χ4v) is 8.96. The third-order valence-corrected chi connectivity index (χ3v) is 12.1. The molecule has 1 aliphatic carbocycles. The predicted octanol–water partition coefficient (Wildman–Crippen LogP) is 7.54. The number of nitrogens with zero attached hydrogens (tertiary/aromatic N) is 2. The molecule has 16 heteroatoms.